The molecule has 0 unspecified atom stereocenters. The van der Waals surface area contributed by atoms with Crippen LogP contribution in [0.3, 0.4) is 0 Å². The van der Waals surface area contributed by atoms with Gasteiger partial charge < -0.3 is 4.74 Å². The number of aromatic nitrogens is 2. The van der Waals surface area contributed by atoms with Gasteiger partial charge in [-0.25, -0.2) is 4.98 Å². The summed E-state index contributed by atoms with van der Waals surface area (Å²) in [5, 5.41) is 0. The lowest BCUT2D eigenvalue weighted by Gasteiger charge is -2.12. The topological polar surface area (TPSA) is 44.1 Å². The van der Waals surface area contributed by atoms with Gasteiger partial charge in [0.1, 0.15) is 4.47 Å². The molecule has 1 saturated carbocycles. The van der Waals surface area contributed by atoms with Gasteiger partial charge in [-0.05, 0) is 28.8 Å². The maximum atomic E-state index is 12.1. The Labute approximate surface area is 109 Å². The monoisotopic (exact) mass is 300 g/mol. The summed E-state index contributed by atoms with van der Waals surface area (Å²) in [5.41, 5.74) is 0.931. The zero-order valence-electron chi connectivity index (χ0n) is 9.99. The average molecular weight is 301 g/mol. The number of rotatable bonds is 4. The zero-order valence-corrected chi connectivity index (χ0v) is 11.6. The second-order valence-corrected chi connectivity index (χ2v) is 5.21. The molecular formula is C12H17BrN2O2. The highest BCUT2D eigenvalue weighted by Crippen LogP contribution is 2.35. The van der Waals surface area contributed by atoms with Crippen molar-refractivity contribution in [2.45, 2.75) is 38.1 Å². The van der Waals surface area contributed by atoms with Crippen molar-refractivity contribution >= 4 is 15.9 Å². The van der Waals surface area contributed by atoms with Gasteiger partial charge in [0, 0.05) is 13.0 Å². The smallest absolute Gasteiger partial charge is 0.267 e. The van der Waals surface area contributed by atoms with E-state index in [9.17, 15) is 4.79 Å². The van der Waals surface area contributed by atoms with Crippen LogP contribution >= 0.6 is 15.9 Å². The number of hydrogen-bond acceptors (Lipinski definition) is 3. The van der Waals surface area contributed by atoms with Crippen LogP contribution < -0.4 is 5.56 Å². The van der Waals surface area contributed by atoms with Crippen LogP contribution in [0.4, 0.5) is 0 Å². The molecule has 1 aliphatic carbocycles. The van der Waals surface area contributed by atoms with Gasteiger partial charge in [0.25, 0.3) is 5.56 Å². The van der Waals surface area contributed by atoms with Crippen LogP contribution in [-0.2, 0) is 11.3 Å². The van der Waals surface area contributed by atoms with Crippen molar-refractivity contribution in [3.8, 4) is 0 Å². The summed E-state index contributed by atoms with van der Waals surface area (Å²) in [5.74, 6) is 0.453. The standard InChI is InChI=1S/C12H17BrN2O2/c1-17-7-6-15-8-14-11(10(13)12(15)16)9-4-2-3-5-9/h8-9H,2-7H2,1H3. The lowest BCUT2D eigenvalue weighted by molar-refractivity contribution is 0.185. The number of hydrogen-bond donors (Lipinski definition) is 0. The van der Waals surface area contributed by atoms with Crippen molar-refractivity contribution in [1.29, 1.82) is 0 Å². The molecule has 94 valence electrons. The molecule has 1 heterocycles. The molecule has 0 spiro atoms. The predicted octanol–water partition coefficient (Wildman–Crippen LogP) is 2.31. The summed E-state index contributed by atoms with van der Waals surface area (Å²) in [7, 11) is 1.63. The highest BCUT2D eigenvalue weighted by Gasteiger charge is 2.22. The third-order valence-electron chi connectivity index (χ3n) is 3.29. The average Bonchev–Trinajstić information content (AvgIpc) is 2.85. The summed E-state index contributed by atoms with van der Waals surface area (Å²) in [6, 6.07) is 0. The normalized spacial score (nSPS) is 16.6. The molecule has 1 aliphatic rings. The zero-order chi connectivity index (χ0) is 12.3. The summed E-state index contributed by atoms with van der Waals surface area (Å²) in [6.45, 7) is 1.07. The molecule has 17 heavy (non-hydrogen) atoms. The fourth-order valence-electron chi connectivity index (χ4n) is 2.31. The van der Waals surface area contributed by atoms with E-state index in [4.69, 9.17) is 4.74 Å². The van der Waals surface area contributed by atoms with E-state index in [1.807, 2.05) is 0 Å². The first-order chi connectivity index (χ1) is 8.24. The Kier molecular flexibility index (Phi) is 4.34. The van der Waals surface area contributed by atoms with Crippen LogP contribution in [-0.4, -0.2) is 23.3 Å². The van der Waals surface area contributed by atoms with Crippen LogP contribution in [0.1, 0.15) is 37.3 Å². The SMILES string of the molecule is COCCn1cnc(C2CCCC2)c(Br)c1=O. The van der Waals surface area contributed by atoms with Gasteiger partial charge in [0.15, 0.2) is 0 Å². The minimum Gasteiger partial charge on any atom is -0.383 e. The van der Waals surface area contributed by atoms with Crippen LogP contribution in [0.25, 0.3) is 0 Å². The van der Waals surface area contributed by atoms with Gasteiger partial charge in [-0.15, -0.1) is 0 Å². The van der Waals surface area contributed by atoms with Crippen LogP contribution in [0.15, 0.2) is 15.6 Å². The maximum Gasteiger partial charge on any atom is 0.267 e. The van der Waals surface area contributed by atoms with Crippen molar-refractivity contribution in [3.05, 3.63) is 26.8 Å². The van der Waals surface area contributed by atoms with E-state index >= 15 is 0 Å². The first-order valence-corrected chi connectivity index (χ1v) is 6.77. The Morgan fingerprint density at radius 2 is 2.24 bits per heavy atom. The number of halogens is 1. The van der Waals surface area contributed by atoms with E-state index < -0.39 is 0 Å². The molecule has 0 aromatic carbocycles. The highest BCUT2D eigenvalue weighted by atomic mass is 79.9. The molecule has 4 nitrogen and oxygen atoms in total. The van der Waals surface area contributed by atoms with Crippen LogP contribution in [0.5, 0.6) is 0 Å². The molecule has 0 saturated heterocycles. The minimum atomic E-state index is -0.000972. The largest absolute Gasteiger partial charge is 0.383 e. The van der Waals surface area contributed by atoms with Gasteiger partial charge in [-0.1, -0.05) is 12.8 Å². The van der Waals surface area contributed by atoms with E-state index in [-0.39, 0.29) is 5.56 Å². The quantitative estimate of drug-likeness (QED) is 0.857. The van der Waals surface area contributed by atoms with Gasteiger partial charge in [-0.3, -0.25) is 9.36 Å². The fraction of sp³-hybridized carbons (Fsp3) is 0.667. The third-order valence-corrected chi connectivity index (χ3v) is 4.03. The molecule has 2 rings (SSSR count). The number of methoxy groups -OCH3 is 1. The van der Waals surface area contributed by atoms with Crippen molar-refractivity contribution in [1.82, 2.24) is 9.55 Å². The lowest BCUT2D eigenvalue weighted by atomic mass is 10.0. The molecule has 5 heteroatoms. The van der Waals surface area contributed by atoms with Crippen LogP contribution in [0, 0.1) is 0 Å². The molecule has 1 aromatic heterocycles. The van der Waals surface area contributed by atoms with Crippen LogP contribution in [0.2, 0.25) is 0 Å². The Morgan fingerprint density at radius 1 is 1.53 bits per heavy atom. The highest BCUT2D eigenvalue weighted by molar-refractivity contribution is 9.10. The second kappa shape index (κ2) is 5.78. The Bertz CT molecular complexity index is 439. The van der Waals surface area contributed by atoms with Crippen molar-refractivity contribution in [2.75, 3.05) is 13.7 Å². The molecule has 1 aromatic rings. The number of nitrogens with zero attached hydrogens (tertiary/aromatic N) is 2. The Hall–Kier alpha value is -0.680. The minimum absolute atomic E-state index is 0.000972. The molecule has 0 atom stereocenters. The maximum absolute atomic E-state index is 12.1. The summed E-state index contributed by atoms with van der Waals surface area (Å²) >= 11 is 3.40. The van der Waals surface area contributed by atoms with Gasteiger partial charge >= 0.3 is 0 Å². The molecule has 0 bridgehead atoms. The molecule has 0 aliphatic heterocycles. The molecular weight excluding hydrogens is 284 g/mol. The van der Waals surface area contributed by atoms with Crippen molar-refractivity contribution < 1.29 is 4.74 Å². The molecule has 1 fully saturated rings. The van der Waals surface area contributed by atoms with E-state index in [1.165, 1.54) is 12.8 Å². The molecule has 0 amide bonds. The third kappa shape index (κ3) is 2.77. The van der Waals surface area contributed by atoms with Crippen molar-refractivity contribution in [2.24, 2.45) is 0 Å². The Balaban J connectivity index is 2.25. The molecule has 0 radical (unpaired) electrons. The molecule has 0 N–H and O–H groups in total. The van der Waals surface area contributed by atoms with E-state index in [2.05, 4.69) is 20.9 Å². The first kappa shape index (κ1) is 12.8. The first-order valence-electron chi connectivity index (χ1n) is 5.98. The van der Waals surface area contributed by atoms with Gasteiger partial charge in [-0.2, -0.15) is 0 Å². The van der Waals surface area contributed by atoms with E-state index in [0.29, 0.717) is 23.5 Å². The summed E-state index contributed by atoms with van der Waals surface area (Å²) in [6.07, 6.45) is 6.41. The summed E-state index contributed by atoms with van der Waals surface area (Å²) in [4.78, 5) is 16.5. The number of ether oxygens (including phenoxy) is 1. The van der Waals surface area contributed by atoms with Crippen molar-refractivity contribution in [3.63, 3.8) is 0 Å². The van der Waals surface area contributed by atoms with Gasteiger partial charge in [0.2, 0.25) is 0 Å². The van der Waals surface area contributed by atoms with E-state index in [0.717, 1.165) is 18.5 Å². The fourth-order valence-corrected chi connectivity index (χ4v) is 2.96. The predicted molar refractivity (Wildman–Crippen MR) is 69.3 cm³/mol. The second-order valence-electron chi connectivity index (χ2n) is 4.42. The Morgan fingerprint density at radius 3 is 2.88 bits per heavy atom. The van der Waals surface area contributed by atoms with Gasteiger partial charge in [0.05, 0.1) is 25.2 Å². The van der Waals surface area contributed by atoms with E-state index in [1.54, 1.807) is 18.0 Å². The lowest BCUT2D eigenvalue weighted by Crippen LogP contribution is -2.25. The summed E-state index contributed by atoms with van der Waals surface area (Å²) < 4.78 is 7.18.